The van der Waals surface area contributed by atoms with Crippen molar-refractivity contribution in [3.63, 3.8) is 0 Å². The number of ether oxygens (including phenoxy) is 1. The number of carbonyl (C=O) groups excluding carboxylic acids is 1. The minimum atomic E-state index is -0.335. The average Bonchev–Trinajstić information content (AvgIpc) is 3.67. The molecule has 0 aliphatic carbocycles. The van der Waals surface area contributed by atoms with E-state index in [1.165, 1.54) is 10.5 Å². The number of benzene rings is 2. The molecule has 1 amide bonds. The molecular formula is C29H27N7O2S. The molecule has 2 aromatic carbocycles. The van der Waals surface area contributed by atoms with Gasteiger partial charge in [0.15, 0.2) is 5.82 Å². The lowest BCUT2D eigenvalue weighted by Crippen LogP contribution is -2.29. The maximum atomic E-state index is 11.8. The second kappa shape index (κ2) is 10.7. The second-order valence-electron chi connectivity index (χ2n) is 9.60. The van der Waals surface area contributed by atoms with Crippen molar-refractivity contribution in [1.29, 1.82) is 0 Å². The van der Waals surface area contributed by atoms with Gasteiger partial charge in [-0.05, 0) is 29.8 Å². The van der Waals surface area contributed by atoms with Crippen molar-refractivity contribution in [3.05, 3.63) is 77.6 Å². The van der Waals surface area contributed by atoms with E-state index in [-0.39, 0.29) is 18.2 Å². The van der Waals surface area contributed by atoms with Crippen LogP contribution in [-0.4, -0.2) is 63.5 Å². The topological polar surface area (TPSA) is 97.2 Å². The first-order valence-corrected chi connectivity index (χ1v) is 13.5. The van der Waals surface area contributed by atoms with E-state index in [1.807, 2.05) is 41.2 Å². The molecule has 6 rings (SSSR count). The SMILES string of the molecule is CN(C)C(=O)OC1CNC(C#Cc2cc3ncnc(Nc4ccc5c(cnn5Cc5ccccc5)c4)c3s2)C1. The molecule has 1 aliphatic rings. The summed E-state index contributed by atoms with van der Waals surface area (Å²) in [5.41, 5.74) is 4.05. The summed E-state index contributed by atoms with van der Waals surface area (Å²) in [4.78, 5) is 23.1. The van der Waals surface area contributed by atoms with Gasteiger partial charge < -0.3 is 15.0 Å². The van der Waals surface area contributed by atoms with Crippen molar-refractivity contribution in [3.8, 4) is 11.8 Å². The summed E-state index contributed by atoms with van der Waals surface area (Å²) in [7, 11) is 3.35. The molecule has 10 heteroatoms. The van der Waals surface area contributed by atoms with Crippen LogP contribution in [0.1, 0.15) is 16.9 Å². The van der Waals surface area contributed by atoms with Gasteiger partial charge in [-0.2, -0.15) is 5.10 Å². The van der Waals surface area contributed by atoms with Gasteiger partial charge in [-0.1, -0.05) is 42.2 Å². The molecule has 1 fully saturated rings. The molecule has 0 saturated carbocycles. The van der Waals surface area contributed by atoms with Gasteiger partial charge in [-0.25, -0.2) is 14.8 Å². The number of nitrogens with one attached hydrogen (secondary N) is 2. The third-order valence-corrected chi connectivity index (χ3v) is 7.53. The zero-order chi connectivity index (χ0) is 26.8. The Morgan fingerprint density at radius 3 is 2.92 bits per heavy atom. The number of thiophene rings is 1. The van der Waals surface area contributed by atoms with E-state index in [0.29, 0.717) is 13.0 Å². The number of anilines is 2. The number of amides is 1. The third kappa shape index (κ3) is 5.55. The van der Waals surface area contributed by atoms with Crippen molar-refractivity contribution in [2.75, 3.05) is 26.0 Å². The second-order valence-corrected chi connectivity index (χ2v) is 10.7. The lowest BCUT2D eigenvalue weighted by molar-refractivity contribution is 0.0826. The molecule has 0 radical (unpaired) electrons. The van der Waals surface area contributed by atoms with Crippen molar-refractivity contribution in [2.24, 2.45) is 0 Å². The molecule has 9 nitrogen and oxygen atoms in total. The van der Waals surface area contributed by atoms with Gasteiger partial charge in [0.25, 0.3) is 0 Å². The maximum Gasteiger partial charge on any atom is 0.409 e. The van der Waals surface area contributed by atoms with E-state index < -0.39 is 0 Å². The van der Waals surface area contributed by atoms with Crippen molar-refractivity contribution < 1.29 is 9.53 Å². The number of fused-ring (bicyclic) bond motifs is 2. The molecule has 2 unspecified atom stereocenters. The monoisotopic (exact) mass is 537 g/mol. The van der Waals surface area contributed by atoms with Crippen LogP contribution in [-0.2, 0) is 11.3 Å². The lowest BCUT2D eigenvalue weighted by atomic mass is 10.2. The van der Waals surface area contributed by atoms with Crippen LogP contribution in [0.4, 0.5) is 16.3 Å². The van der Waals surface area contributed by atoms with Crippen molar-refractivity contribution >= 4 is 50.1 Å². The summed E-state index contributed by atoms with van der Waals surface area (Å²) < 4.78 is 8.41. The fraction of sp³-hybridized carbons (Fsp3) is 0.241. The van der Waals surface area contributed by atoms with Crippen LogP contribution in [0.3, 0.4) is 0 Å². The number of hydrogen-bond donors (Lipinski definition) is 2. The van der Waals surface area contributed by atoms with Crippen molar-refractivity contribution in [1.82, 2.24) is 30.0 Å². The Labute approximate surface area is 229 Å². The molecule has 1 saturated heterocycles. The van der Waals surface area contributed by atoms with Crippen LogP contribution in [0.15, 0.2) is 67.1 Å². The predicted molar refractivity (Wildman–Crippen MR) is 153 cm³/mol. The Hall–Kier alpha value is -4.46. The summed E-state index contributed by atoms with van der Waals surface area (Å²) in [5.74, 6) is 7.27. The molecule has 196 valence electrons. The van der Waals surface area contributed by atoms with Gasteiger partial charge in [0.2, 0.25) is 0 Å². The first kappa shape index (κ1) is 24.9. The van der Waals surface area contributed by atoms with Crippen LogP contribution >= 0.6 is 11.3 Å². The van der Waals surface area contributed by atoms with Gasteiger partial charge in [0.1, 0.15) is 12.4 Å². The van der Waals surface area contributed by atoms with Gasteiger partial charge in [-0.3, -0.25) is 10.00 Å². The summed E-state index contributed by atoms with van der Waals surface area (Å²) in [6.07, 6.45) is 3.60. The fourth-order valence-electron chi connectivity index (χ4n) is 4.50. The first-order valence-electron chi connectivity index (χ1n) is 12.7. The Balaban J connectivity index is 1.16. The Morgan fingerprint density at radius 2 is 2.08 bits per heavy atom. The van der Waals surface area contributed by atoms with Crippen LogP contribution in [0, 0.1) is 11.8 Å². The van der Waals surface area contributed by atoms with Crippen molar-refractivity contribution in [2.45, 2.75) is 25.1 Å². The summed E-state index contributed by atoms with van der Waals surface area (Å²) in [5, 5.41) is 12.4. The average molecular weight is 538 g/mol. The summed E-state index contributed by atoms with van der Waals surface area (Å²) in [6.45, 7) is 1.32. The van der Waals surface area contributed by atoms with E-state index >= 15 is 0 Å². The Morgan fingerprint density at radius 1 is 1.21 bits per heavy atom. The molecule has 5 aromatic rings. The molecule has 1 aliphatic heterocycles. The predicted octanol–water partition coefficient (Wildman–Crippen LogP) is 4.61. The van der Waals surface area contributed by atoms with Crippen LogP contribution < -0.4 is 10.6 Å². The van der Waals surface area contributed by atoms with E-state index in [4.69, 9.17) is 4.74 Å². The minimum Gasteiger partial charge on any atom is -0.445 e. The first-order chi connectivity index (χ1) is 19.0. The molecular weight excluding hydrogens is 510 g/mol. The van der Waals surface area contributed by atoms with Crippen LogP contribution in [0.25, 0.3) is 21.1 Å². The number of hydrogen-bond acceptors (Lipinski definition) is 8. The summed E-state index contributed by atoms with van der Waals surface area (Å²) >= 11 is 1.55. The highest BCUT2D eigenvalue weighted by Gasteiger charge is 2.26. The fourth-order valence-corrected chi connectivity index (χ4v) is 5.42. The smallest absolute Gasteiger partial charge is 0.409 e. The van der Waals surface area contributed by atoms with Crippen LogP contribution in [0.5, 0.6) is 0 Å². The zero-order valence-electron chi connectivity index (χ0n) is 21.6. The van der Waals surface area contributed by atoms with Gasteiger partial charge in [-0.15, -0.1) is 11.3 Å². The summed E-state index contributed by atoms with van der Waals surface area (Å²) in [6, 6.07) is 18.5. The zero-order valence-corrected chi connectivity index (χ0v) is 22.4. The maximum absolute atomic E-state index is 11.8. The third-order valence-electron chi connectivity index (χ3n) is 6.48. The normalized spacial score (nSPS) is 16.7. The molecule has 2 N–H and O–H groups in total. The molecule has 0 bridgehead atoms. The highest BCUT2D eigenvalue weighted by atomic mass is 32.1. The number of aromatic nitrogens is 4. The molecule has 3 aromatic heterocycles. The molecule has 4 heterocycles. The standard InChI is InChI=1S/C29H27N7O2S/c1-35(2)29(37)38-23-13-21(30-16-23)8-10-24-14-25-27(39-24)28(32-18-31-25)34-22-9-11-26-20(12-22)15-33-36(26)17-19-6-4-3-5-7-19/h3-7,9,11-12,14-15,18,21,23,30H,13,16-17H2,1-2H3,(H,31,32,34). The quantitative estimate of drug-likeness (QED) is 0.316. The molecule has 39 heavy (non-hydrogen) atoms. The largest absolute Gasteiger partial charge is 0.445 e. The highest BCUT2D eigenvalue weighted by molar-refractivity contribution is 7.20. The van der Waals surface area contributed by atoms with Crippen LogP contribution in [0.2, 0.25) is 0 Å². The van der Waals surface area contributed by atoms with Gasteiger partial charge in [0, 0.05) is 38.1 Å². The number of nitrogens with zero attached hydrogens (tertiary/aromatic N) is 5. The molecule has 2 atom stereocenters. The van der Waals surface area contributed by atoms with Gasteiger partial charge in [0.05, 0.1) is 39.4 Å². The van der Waals surface area contributed by atoms with E-state index in [2.05, 4.69) is 61.8 Å². The number of rotatable bonds is 5. The lowest BCUT2D eigenvalue weighted by Gasteiger charge is -2.15. The highest BCUT2D eigenvalue weighted by Crippen LogP contribution is 2.31. The Kier molecular flexibility index (Phi) is 6.84. The van der Waals surface area contributed by atoms with E-state index in [9.17, 15) is 4.79 Å². The molecule has 0 spiro atoms. The van der Waals surface area contributed by atoms with Gasteiger partial charge >= 0.3 is 6.09 Å². The number of carbonyl (C=O) groups is 1. The van der Waals surface area contributed by atoms with E-state index in [1.54, 1.807) is 31.8 Å². The van der Waals surface area contributed by atoms with E-state index in [0.717, 1.165) is 44.0 Å². The minimum absolute atomic E-state index is 0.0339. The Bertz CT molecular complexity index is 1700.